The van der Waals surface area contributed by atoms with Crippen molar-refractivity contribution in [1.29, 1.82) is 0 Å². The molecule has 84 valence electrons. The van der Waals surface area contributed by atoms with Gasteiger partial charge in [0.25, 0.3) is 0 Å². The summed E-state index contributed by atoms with van der Waals surface area (Å²) in [4.78, 5) is 4.39. The number of hydrogen-bond donors (Lipinski definition) is 2. The second-order valence-corrected chi connectivity index (χ2v) is 5.68. The molecule has 3 nitrogen and oxygen atoms in total. The maximum Gasteiger partial charge on any atom is 0.0897 e. The topological polar surface area (TPSA) is 59.1 Å². The van der Waals surface area contributed by atoms with E-state index in [4.69, 9.17) is 5.73 Å². The Bertz CT molecular complexity index is 339. The molecule has 0 saturated heterocycles. The monoisotopic (exact) mass is 226 g/mol. The largest absolute Gasteiger partial charge is 0.389 e. The summed E-state index contributed by atoms with van der Waals surface area (Å²) in [6.07, 6.45) is 4.30. The van der Waals surface area contributed by atoms with Gasteiger partial charge >= 0.3 is 0 Å². The van der Waals surface area contributed by atoms with Crippen LogP contribution in [0.15, 0.2) is 5.38 Å². The van der Waals surface area contributed by atoms with E-state index in [0.717, 1.165) is 30.0 Å². The summed E-state index contributed by atoms with van der Waals surface area (Å²) >= 11 is 1.64. The number of rotatable bonds is 2. The predicted molar refractivity (Wildman–Crippen MR) is 61.9 cm³/mol. The second-order valence-electron chi connectivity index (χ2n) is 4.62. The van der Waals surface area contributed by atoms with Gasteiger partial charge in [0, 0.05) is 17.8 Å². The van der Waals surface area contributed by atoms with Crippen LogP contribution in [0.5, 0.6) is 0 Å². The van der Waals surface area contributed by atoms with E-state index in [1.165, 1.54) is 0 Å². The van der Waals surface area contributed by atoms with E-state index >= 15 is 0 Å². The summed E-state index contributed by atoms with van der Waals surface area (Å²) < 4.78 is 0. The van der Waals surface area contributed by atoms with Crippen molar-refractivity contribution in [2.24, 2.45) is 5.73 Å². The third-order valence-electron chi connectivity index (χ3n) is 3.04. The number of thiazole rings is 1. The van der Waals surface area contributed by atoms with E-state index in [2.05, 4.69) is 4.98 Å². The first-order valence-electron chi connectivity index (χ1n) is 5.46. The van der Waals surface area contributed by atoms with Crippen LogP contribution in [0.1, 0.15) is 36.4 Å². The molecule has 3 N–H and O–H groups in total. The summed E-state index contributed by atoms with van der Waals surface area (Å²) in [5.41, 5.74) is 6.29. The van der Waals surface area contributed by atoms with Gasteiger partial charge < -0.3 is 10.8 Å². The van der Waals surface area contributed by atoms with Gasteiger partial charge in [0.15, 0.2) is 0 Å². The summed E-state index contributed by atoms with van der Waals surface area (Å²) in [5.74, 6) is 0. The van der Waals surface area contributed by atoms with E-state index < -0.39 is 5.60 Å². The summed E-state index contributed by atoms with van der Waals surface area (Å²) in [6, 6.07) is 0.156. The Labute approximate surface area is 94.3 Å². The number of aryl methyl sites for hydroxylation is 1. The zero-order valence-electron chi connectivity index (χ0n) is 9.07. The van der Waals surface area contributed by atoms with Crippen LogP contribution >= 0.6 is 11.3 Å². The van der Waals surface area contributed by atoms with Crippen LogP contribution in [0.4, 0.5) is 0 Å². The molecule has 0 amide bonds. The average Bonchev–Trinajstić information content (AvgIpc) is 2.49. The first-order chi connectivity index (χ1) is 7.07. The van der Waals surface area contributed by atoms with Crippen LogP contribution in [0.2, 0.25) is 0 Å². The van der Waals surface area contributed by atoms with E-state index in [1.807, 2.05) is 12.3 Å². The van der Waals surface area contributed by atoms with Gasteiger partial charge in [0.05, 0.1) is 16.3 Å². The highest BCUT2D eigenvalue weighted by Crippen LogP contribution is 2.30. The lowest BCUT2D eigenvalue weighted by molar-refractivity contribution is -0.00259. The molecule has 1 heterocycles. The molecule has 0 aromatic carbocycles. The minimum Gasteiger partial charge on any atom is -0.389 e. The van der Waals surface area contributed by atoms with Crippen molar-refractivity contribution >= 4 is 11.3 Å². The third-order valence-corrected chi connectivity index (χ3v) is 3.86. The molecule has 2 unspecified atom stereocenters. The number of nitrogens with two attached hydrogens (primary N) is 1. The van der Waals surface area contributed by atoms with Crippen molar-refractivity contribution in [2.45, 2.75) is 50.7 Å². The van der Waals surface area contributed by atoms with Gasteiger partial charge in [-0.25, -0.2) is 4.98 Å². The highest BCUT2D eigenvalue weighted by atomic mass is 32.1. The number of hydrogen-bond acceptors (Lipinski definition) is 4. The molecule has 0 aliphatic heterocycles. The van der Waals surface area contributed by atoms with Crippen molar-refractivity contribution in [2.75, 3.05) is 0 Å². The number of aromatic nitrogens is 1. The van der Waals surface area contributed by atoms with Crippen LogP contribution in [0.25, 0.3) is 0 Å². The molecule has 2 rings (SSSR count). The Hall–Kier alpha value is -0.450. The third kappa shape index (κ3) is 2.77. The molecule has 15 heavy (non-hydrogen) atoms. The predicted octanol–water partition coefficient (Wildman–Crippen LogP) is 1.63. The smallest absolute Gasteiger partial charge is 0.0897 e. The molecular weight excluding hydrogens is 208 g/mol. The molecule has 1 aliphatic carbocycles. The van der Waals surface area contributed by atoms with Crippen LogP contribution in [-0.4, -0.2) is 21.7 Å². The molecule has 0 spiro atoms. The average molecular weight is 226 g/mol. The molecule has 1 saturated carbocycles. The van der Waals surface area contributed by atoms with Gasteiger partial charge in [-0.15, -0.1) is 11.3 Å². The molecular formula is C11H18N2OS. The summed E-state index contributed by atoms with van der Waals surface area (Å²) in [5, 5.41) is 13.5. The molecule has 4 heteroatoms. The number of aliphatic hydroxyl groups is 1. The number of nitrogens with zero attached hydrogens (tertiary/aromatic N) is 1. The van der Waals surface area contributed by atoms with E-state index in [9.17, 15) is 5.11 Å². The van der Waals surface area contributed by atoms with Gasteiger partial charge in [-0.3, -0.25) is 0 Å². The summed E-state index contributed by atoms with van der Waals surface area (Å²) in [7, 11) is 0. The minimum absolute atomic E-state index is 0.156. The molecule has 0 radical (unpaired) electrons. The highest BCUT2D eigenvalue weighted by Gasteiger charge is 2.33. The lowest BCUT2D eigenvalue weighted by atomic mass is 9.79. The van der Waals surface area contributed by atoms with Gasteiger partial charge in [-0.05, 0) is 32.6 Å². The van der Waals surface area contributed by atoms with Gasteiger partial charge in [0.2, 0.25) is 0 Å². The molecule has 1 aromatic heterocycles. The summed E-state index contributed by atoms with van der Waals surface area (Å²) in [6.45, 7) is 1.99. The first-order valence-corrected chi connectivity index (χ1v) is 6.34. The Morgan fingerprint density at radius 2 is 2.53 bits per heavy atom. The molecule has 1 aromatic rings. The molecule has 2 atom stereocenters. The van der Waals surface area contributed by atoms with Crippen molar-refractivity contribution in [3.8, 4) is 0 Å². The van der Waals surface area contributed by atoms with Crippen LogP contribution in [0.3, 0.4) is 0 Å². The fourth-order valence-electron chi connectivity index (χ4n) is 2.37. The molecule has 0 bridgehead atoms. The van der Waals surface area contributed by atoms with Crippen molar-refractivity contribution < 1.29 is 5.11 Å². The van der Waals surface area contributed by atoms with Crippen molar-refractivity contribution in [3.05, 3.63) is 16.1 Å². The van der Waals surface area contributed by atoms with Gasteiger partial charge in [-0.1, -0.05) is 0 Å². The van der Waals surface area contributed by atoms with Crippen LogP contribution in [-0.2, 0) is 6.42 Å². The second kappa shape index (κ2) is 4.20. The Kier molecular flexibility index (Phi) is 3.09. The van der Waals surface area contributed by atoms with E-state index in [-0.39, 0.29) is 6.04 Å². The maximum atomic E-state index is 10.4. The van der Waals surface area contributed by atoms with E-state index in [1.54, 1.807) is 11.3 Å². The maximum absolute atomic E-state index is 10.4. The minimum atomic E-state index is -0.613. The molecule has 1 aliphatic rings. The zero-order valence-corrected chi connectivity index (χ0v) is 9.89. The quantitative estimate of drug-likeness (QED) is 0.805. The van der Waals surface area contributed by atoms with Crippen molar-refractivity contribution in [3.63, 3.8) is 0 Å². The highest BCUT2D eigenvalue weighted by molar-refractivity contribution is 7.09. The first kappa shape index (κ1) is 11.0. The zero-order chi connectivity index (χ0) is 10.9. The standard InChI is InChI=1S/C11H18N2OS/c1-8-13-10(7-15-8)6-11(14)4-2-3-9(12)5-11/h7,9,14H,2-6,12H2,1H3. The Morgan fingerprint density at radius 3 is 3.13 bits per heavy atom. The fraction of sp³-hybridized carbons (Fsp3) is 0.727. The molecule has 1 fully saturated rings. The van der Waals surface area contributed by atoms with Crippen molar-refractivity contribution in [1.82, 2.24) is 4.98 Å². The Morgan fingerprint density at radius 1 is 1.73 bits per heavy atom. The van der Waals surface area contributed by atoms with Crippen LogP contribution in [0, 0.1) is 6.92 Å². The lowest BCUT2D eigenvalue weighted by Crippen LogP contribution is -2.42. The lowest BCUT2D eigenvalue weighted by Gasteiger charge is -2.34. The fourth-order valence-corrected chi connectivity index (χ4v) is 2.99. The SMILES string of the molecule is Cc1nc(CC2(O)CCCC(N)C2)cs1. The van der Waals surface area contributed by atoms with E-state index in [0.29, 0.717) is 12.8 Å². The van der Waals surface area contributed by atoms with Crippen LogP contribution < -0.4 is 5.73 Å². The van der Waals surface area contributed by atoms with Gasteiger partial charge in [-0.2, -0.15) is 0 Å². The normalized spacial score (nSPS) is 31.8. The van der Waals surface area contributed by atoms with Gasteiger partial charge in [0.1, 0.15) is 0 Å². The Balaban J connectivity index is 2.03.